The molecule has 3 N–H and O–H groups in total. The molecule has 2 rings (SSSR count). The van der Waals surface area contributed by atoms with E-state index < -0.39 is 11.6 Å². The molecule has 0 saturated carbocycles. The maximum atomic E-state index is 13.0. The first-order valence-electron chi connectivity index (χ1n) is 10.0. The molecule has 0 aromatic heterocycles. The van der Waals surface area contributed by atoms with Crippen molar-refractivity contribution in [3.63, 3.8) is 0 Å². The predicted molar refractivity (Wildman–Crippen MR) is 116 cm³/mol. The largest absolute Gasteiger partial charge is 0.388 e. The summed E-state index contributed by atoms with van der Waals surface area (Å²) < 4.78 is 0. The molecule has 9 heteroatoms. The summed E-state index contributed by atoms with van der Waals surface area (Å²) in [5, 5.41) is 16.9. The van der Waals surface area contributed by atoms with Crippen molar-refractivity contribution < 1.29 is 19.5 Å². The molecule has 1 saturated heterocycles. The molecule has 166 valence electrons. The van der Waals surface area contributed by atoms with Crippen LogP contribution in [0.5, 0.6) is 0 Å². The first-order chi connectivity index (χ1) is 14.0. The van der Waals surface area contributed by atoms with Crippen molar-refractivity contribution in [3.8, 4) is 0 Å². The molecule has 2 atom stereocenters. The lowest BCUT2D eigenvalue weighted by atomic mass is 9.93. The Kier molecular flexibility index (Phi) is 8.52. The molecule has 1 fully saturated rings. The van der Waals surface area contributed by atoms with E-state index in [-0.39, 0.29) is 43.1 Å². The van der Waals surface area contributed by atoms with Gasteiger partial charge < -0.3 is 20.6 Å². The average molecular weight is 458 g/mol. The van der Waals surface area contributed by atoms with E-state index in [4.69, 9.17) is 23.2 Å². The van der Waals surface area contributed by atoms with Gasteiger partial charge in [0.1, 0.15) is 6.04 Å². The van der Waals surface area contributed by atoms with Gasteiger partial charge in [0.05, 0.1) is 11.5 Å². The Labute approximate surface area is 187 Å². The molecule has 1 heterocycles. The number of aliphatic hydroxyl groups is 1. The van der Waals surface area contributed by atoms with E-state index in [0.29, 0.717) is 29.4 Å². The van der Waals surface area contributed by atoms with Crippen LogP contribution < -0.4 is 10.6 Å². The van der Waals surface area contributed by atoms with Gasteiger partial charge in [0.15, 0.2) is 0 Å². The minimum Gasteiger partial charge on any atom is -0.388 e. The summed E-state index contributed by atoms with van der Waals surface area (Å²) in [4.78, 5) is 39.0. The number of hydrogen-bond acceptors (Lipinski definition) is 4. The number of likely N-dealkylation sites (tertiary alicyclic amines) is 1. The van der Waals surface area contributed by atoms with Gasteiger partial charge in [-0.05, 0) is 44.4 Å². The zero-order valence-electron chi connectivity index (χ0n) is 17.5. The van der Waals surface area contributed by atoms with Crippen LogP contribution in [0.15, 0.2) is 18.2 Å². The molecule has 7 nitrogen and oxygen atoms in total. The fourth-order valence-corrected chi connectivity index (χ4v) is 3.84. The van der Waals surface area contributed by atoms with Crippen LogP contribution in [0.1, 0.15) is 45.6 Å². The number of rotatable bonds is 7. The van der Waals surface area contributed by atoms with Crippen LogP contribution in [0.2, 0.25) is 10.0 Å². The Morgan fingerprint density at radius 2 is 2.00 bits per heavy atom. The van der Waals surface area contributed by atoms with Crippen molar-refractivity contribution >= 4 is 40.9 Å². The molecule has 0 unspecified atom stereocenters. The van der Waals surface area contributed by atoms with Gasteiger partial charge in [0.25, 0.3) is 0 Å². The molecule has 0 aliphatic carbocycles. The van der Waals surface area contributed by atoms with Gasteiger partial charge in [-0.1, -0.05) is 36.2 Å². The number of carbonyl (C=O) groups excluding carboxylic acids is 3. The van der Waals surface area contributed by atoms with Crippen molar-refractivity contribution in [2.45, 2.75) is 58.2 Å². The third-order valence-electron chi connectivity index (χ3n) is 5.15. The average Bonchev–Trinajstić information content (AvgIpc) is 2.69. The Hall–Kier alpha value is -1.83. The highest BCUT2D eigenvalue weighted by molar-refractivity contribution is 6.35. The first-order valence-corrected chi connectivity index (χ1v) is 10.8. The molecule has 1 aliphatic rings. The number of amides is 3. The minimum atomic E-state index is -1.43. The van der Waals surface area contributed by atoms with E-state index in [0.717, 1.165) is 5.56 Å². The Morgan fingerprint density at radius 1 is 1.30 bits per heavy atom. The van der Waals surface area contributed by atoms with E-state index in [2.05, 4.69) is 10.6 Å². The van der Waals surface area contributed by atoms with E-state index in [1.807, 2.05) is 0 Å². The zero-order chi connectivity index (χ0) is 22.5. The summed E-state index contributed by atoms with van der Waals surface area (Å²) in [6, 6.07) is 4.01. The smallest absolute Gasteiger partial charge is 0.248 e. The van der Waals surface area contributed by atoms with Crippen molar-refractivity contribution in [2.75, 3.05) is 13.1 Å². The van der Waals surface area contributed by atoms with Crippen LogP contribution in [0.4, 0.5) is 0 Å². The lowest BCUT2D eigenvalue weighted by Gasteiger charge is -2.37. The summed E-state index contributed by atoms with van der Waals surface area (Å²) in [7, 11) is 0. The fourth-order valence-electron chi connectivity index (χ4n) is 3.37. The SMILES string of the molecule is CCC(=O)N[C@@H](C(=O)N1CCC[C@@H](C(=O)NCc2ccc(Cl)cc2Cl)C1)C(C)(C)O. The summed E-state index contributed by atoms with van der Waals surface area (Å²) >= 11 is 12.0. The molecule has 1 aromatic rings. The summed E-state index contributed by atoms with van der Waals surface area (Å²) in [5.74, 6) is -1.25. The van der Waals surface area contributed by atoms with Crippen molar-refractivity contribution in [1.82, 2.24) is 15.5 Å². The van der Waals surface area contributed by atoms with Gasteiger partial charge in [0, 0.05) is 36.1 Å². The number of halogens is 2. The van der Waals surface area contributed by atoms with Crippen molar-refractivity contribution in [1.29, 1.82) is 0 Å². The van der Waals surface area contributed by atoms with Gasteiger partial charge in [0.2, 0.25) is 17.7 Å². The minimum absolute atomic E-state index is 0.170. The lowest BCUT2D eigenvalue weighted by molar-refractivity contribution is -0.145. The second-order valence-corrected chi connectivity index (χ2v) is 8.93. The number of nitrogens with one attached hydrogen (secondary N) is 2. The monoisotopic (exact) mass is 457 g/mol. The number of benzene rings is 1. The van der Waals surface area contributed by atoms with Crippen LogP contribution in [0.25, 0.3) is 0 Å². The topological polar surface area (TPSA) is 98.7 Å². The Morgan fingerprint density at radius 3 is 2.60 bits per heavy atom. The molecule has 0 radical (unpaired) electrons. The van der Waals surface area contributed by atoms with Gasteiger partial charge >= 0.3 is 0 Å². The van der Waals surface area contributed by atoms with E-state index in [9.17, 15) is 19.5 Å². The van der Waals surface area contributed by atoms with Crippen LogP contribution in [0, 0.1) is 5.92 Å². The molecular formula is C21H29Cl2N3O4. The van der Waals surface area contributed by atoms with Crippen LogP contribution in [0.3, 0.4) is 0 Å². The molecule has 1 aliphatic heterocycles. The lowest BCUT2D eigenvalue weighted by Crippen LogP contribution is -2.60. The maximum Gasteiger partial charge on any atom is 0.248 e. The molecular weight excluding hydrogens is 429 g/mol. The highest BCUT2D eigenvalue weighted by Crippen LogP contribution is 2.23. The highest BCUT2D eigenvalue weighted by Gasteiger charge is 2.39. The van der Waals surface area contributed by atoms with E-state index in [1.165, 1.54) is 13.8 Å². The third kappa shape index (κ3) is 6.59. The van der Waals surface area contributed by atoms with Gasteiger partial charge in [-0.3, -0.25) is 14.4 Å². The second-order valence-electron chi connectivity index (χ2n) is 8.08. The number of hydrogen-bond donors (Lipinski definition) is 3. The van der Waals surface area contributed by atoms with Gasteiger partial charge in [-0.25, -0.2) is 0 Å². The van der Waals surface area contributed by atoms with E-state index in [1.54, 1.807) is 30.0 Å². The zero-order valence-corrected chi connectivity index (χ0v) is 19.0. The highest BCUT2D eigenvalue weighted by atomic mass is 35.5. The summed E-state index contributed by atoms with van der Waals surface area (Å²) in [6.45, 7) is 5.60. The van der Waals surface area contributed by atoms with Crippen molar-refractivity contribution in [2.24, 2.45) is 5.92 Å². The second kappa shape index (κ2) is 10.5. The Bertz CT molecular complexity index is 795. The molecule has 30 heavy (non-hydrogen) atoms. The molecule has 1 aromatic carbocycles. The Balaban J connectivity index is 2.01. The number of nitrogens with zero attached hydrogens (tertiary/aromatic N) is 1. The quantitative estimate of drug-likeness (QED) is 0.585. The van der Waals surface area contributed by atoms with Crippen LogP contribution in [-0.4, -0.2) is 52.5 Å². The normalized spacial score (nSPS) is 17.9. The molecule has 0 spiro atoms. The predicted octanol–water partition coefficient (Wildman–Crippen LogP) is 2.51. The fraction of sp³-hybridized carbons (Fsp3) is 0.571. The number of piperidine rings is 1. The molecule has 3 amide bonds. The number of carbonyl (C=O) groups is 3. The third-order valence-corrected chi connectivity index (χ3v) is 5.74. The molecule has 0 bridgehead atoms. The first kappa shape index (κ1) is 24.4. The van der Waals surface area contributed by atoms with E-state index >= 15 is 0 Å². The van der Waals surface area contributed by atoms with Crippen LogP contribution >= 0.6 is 23.2 Å². The summed E-state index contributed by atoms with van der Waals surface area (Å²) in [5.41, 5.74) is -0.676. The standard InChI is InChI=1S/C21H29Cl2N3O4/c1-4-17(27)25-18(21(2,3)30)20(29)26-9-5-6-14(12-26)19(28)24-11-13-7-8-15(22)10-16(13)23/h7-8,10,14,18,30H,4-6,9,11-12H2,1-3H3,(H,24,28)(H,25,27)/t14-,18+/m1/s1. The van der Waals surface area contributed by atoms with Gasteiger partial charge in [-0.15, -0.1) is 0 Å². The van der Waals surface area contributed by atoms with Gasteiger partial charge in [-0.2, -0.15) is 0 Å². The summed E-state index contributed by atoms with van der Waals surface area (Å²) in [6.07, 6.45) is 1.52. The van der Waals surface area contributed by atoms with Crippen molar-refractivity contribution in [3.05, 3.63) is 33.8 Å². The van der Waals surface area contributed by atoms with Crippen LogP contribution in [-0.2, 0) is 20.9 Å². The maximum absolute atomic E-state index is 13.0.